The van der Waals surface area contributed by atoms with E-state index in [1.807, 2.05) is 30.6 Å². The molecule has 6 aromatic heterocycles. The highest BCUT2D eigenvalue weighted by Gasteiger charge is 2.17. The van der Waals surface area contributed by atoms with Gasteiger partial charge in [-0.25, -0.2) is 9.97 Å². The van der Waals surface area contributed by atoms with E-state index in [-0.39, 0.29) is 5.91 Å². The first-order valence-corrected chi connectivity index (χ1v) is 12.1. The lowest BCUT2D eigenvalue weighted by molar-refractivity contribution is -0.116. The second kappa shape index (κ2) is 8.73. The molecule has 0 bridgehead atoms. The third-order valence-electron chi connectivity index (χ3n) is 5.70. The number of nitrogens with zero attached hydrogens (tertiary/aromatic N) is 5. The highest BCUT2D eigenvalue weighted by atomic mass is 32.1. The van der Waals surface area contributed by atoms with E-state index in [9.17, 15) is 4.79 Å². The van der Waals surface area contributed by atoms with Crippen LogP contribution in [0.4, 0.5) is 5.69 Å². The van der Waals surface area contributed by atoms with Gasteiger partial charge in [0.1, 0.15) is 11.2 Å². The maximum atomic E-state index is 12.0. The number of aromatic nitrogens is 7. The number of aromatic amines is 2. The molecule has 0 aliphatic rings. The number of hydrogen-bond donors (Lipinski definition) is 3. The maximum Gasteiger partial charge on any atom is 0.224 e. The van der Waals surface area contributed by atoms with Crippen molar-refractivity contribution in [2.24, 2.45) is 0 Å². The number of carbonyl (C=O) groups excluding carboxylic acids is 1. The summed E-state index contributed by atoms with van der Waals surface area (Å²) in [4.78, 5) is 33.4. The number of pyridine rings is 3. The smallest absolute Gasteiger partial charge is 0.224 e. The molecule has 35 heavy (non-hydrogen) atoms. The minimum atomic E-state index is -0.0293. The standard InChI is InChI=1S/C25H20N8OS/c1-2-3-21(34)29-17-6-15(8-26-10-17)16-7-18-23(32-33-24(18)28-9-16)25-30-20-12-27-11-19(22(20)31-25)14-4-5-35-13-14/h4-13H,2-3H2,1H3,(H,29,34)(H,30,31)(H,28,32,33). The summed E-state index contributed by atoms with van der Waals surface area (Å²) in [6.07, 6.45) is 10.0. The van der Waals surface area contributed by atoms with Crippen LogP contribution in [0.1, 0.15) is 19.8 Å². The number of rotatable bonds is 6. The van der Waals surface area contributed by atoms with Crippen LogP contribution in [0.3, 0.4) is 0 Å². The number of nitrogens with one attached hydrogen (secondary N) is 3. The molecule has 0 aliphatic heterocycles. The molecule has 1 amide bonds. The summed E-state index contributed by atoms with van der Waals surface area (Å²) < 4.78 is 0. The van der Waals surface area contributed by atoms with Crippen LogP contribution in [0.5, 0.6) is 0 Å². The molecule has 0 saturated heterocycles. The summed E-state index contributed by atoms with van der Waals surface area (Å²) in [7, 11) is 0. The molecule has 3 N–H and O–H groups in total. The molecule has 6 rings (SSSR count). The molecular weight excluding hydrogens is 460 g/mol. The van der Waals surface area contributed by atoms with E-state index >= 15 is 0 Å². The Labute approximate surface area is 203 Å². The minimum Gasteiger partial charge on any atom is -0.335 e. The number of carbonyl (C=O) groups is 1. The maximum absolute atomic E-state index is 12.0. The number of imidazole rings is 1. The van der Waals surface area contributed by atoms with Crippen LogP contribution in [0.2, 0.25) is 0 Å². The molecule has 0 spiro atoms. The monoisotopic (exact) mass is 480 g/mol. The number of hydrogen-bond acceptors (Lipinski definition) is 7. The van der Waals surface area contributed by atoms with E-state index < -0.39 is 0 Å². The predicted molar refractivity (Wildman–Crippen MR) is 137 cm³/mol. The quantitative estimate of drug-likeness (QED) is 0.292. The topological polar surface area (TPSA) is 125 Å². The van der Waals surface area contributed by atoms with Gasteiger partial charge in [-0.1, -0.05) is 6.92 Å². The Morgan fingerprint density at radius 1 is 1.06 bits per heavy atom. The summed E-state index contributed by atoms with van der Waals surface area (Å²) in [5.74, 6) is 0.603. The van der Waals surface area contributed by atoms with E-state index in [0.29, 0.717) is 29.3 Å². The minimum absolute atomic E-state index is 0.0293. The number of fused-ring (bicyclic) bond motifs is 2. The molecule has 0 unspecified atom stereocenters. The van der Waals surface area contributed by atoms with Crippen molar-refractivity contribution in [1.29, 1.82) is 0 Å². The van der Waals surface area contributed by atoms with Crippen molar-refractivity contribution in [2.75, 3.05) is 5.32 Å². The molecule has 6 aromatic rings. The van der Waals surface area contributed by atoms with E-state index in [1.54, 1.807) is 36.1 Å². The van der Waals surface area contributed by atoms with Crippen LogP contribution in [-0.2, 0) is 4.79 Å². The summed E-state index contributed by atoms with van der Waals surface area (Å²) in [5, 5.41) is 15.3. The third-order valence-corrected chi connectivity index (χ3v) is 6.38. The zero-order valence-electron chi connectivity index (χ0n) is 18.7. The van der Waals surface area contributed by atoms with E-state index in [4.69, 9.17) is 4.98 Å². The van der Waals surface area contributed by atoms with Crippen molar-refractivity contribution in [3.05, 3.63) is 59.9 Å². The largest absolute Gasteiger partial charge is 0.335 e. The Morgan fingerprint density at radius 3 is 2.80 bits per heavy atom. The Balaban J connectivity index is 1.40. The summed E-state index contributed by atoms with van der Waals surface area (Å²) >= 11 is 1.64. The Hall–Kier alpha value is -4.44. The van der Waals surface area contributed by atoms with Crippen molar-refractivity contribution < 1.29 is 4.79 Å². The predicted octanol–water partition coefficient (Wildman–Crippen LogP) is 5.43. The average Bonchev–Trinajstić information content (AvgIpc) is 3.63. The van der Waals surface area contributed by atoms with Gasteiger partial charge < -0.3 is 10.3 Å². The zero-order valence-corrected chi connectivity index (χ0v) is 19.6. The molecule has 172 valence electrons. The third kappa shape index (κ3) is 3.93. The van der Waals surface area contributed by atoms with Gasteiger partial charge in [0.2, 0.25) is 5.91 Å². The van der Waals surface area contributed by atoms with Crippen LogP contribution in [-0.4, -0.2) is 41.0 Å². The lowest BCUT2D eigenvalue weighted by Crippen LogP contribution is -2.10. The van der Waals surface area contributed by atoms with Crippen LogP contribution >= 0.6 is 11.3 Å². The second-order valence-corrected chi connectivity index (χ2v) is 8.91. The summed E-state index contributed by atoms with van der Waals surface area (Å²) in [6.45, 7) is 1.97. The Kier molecular flexibility index (Phi) is 5.27. The van der Waals surface area contributed by atoms with Crippen LogP contribution in [0.15, 0.2) is 59.9 Å². The Bertz CT molecular complexity index is 1670. The summed E-state index contributed by atoms with van der Waals surface area (Å²) in [6, 6.07) is 5.95. The van der Waals surface area contributed by atoms with Crippen molar-refractivity contribution >= 4 is 45.0 Å². The molecule has 0 radical (unpaired) electrons. The van der Waals surface area contributed by atoms with Crippen LogP contribution in [0.25, 0.3) is 55.8 Å². The highest BCUT2D eigenvalue weighted by molar-refractivity contribution is 7.08. The first-order chi connectivity index (χ1) is 17.2. The molecule has 9 nitrogen and oxygen atoms in total. The highest BCUT2D eigenvalue weighted by Crippen LogP contribution is 2.32. The van der Waals surface area contributed by atoms with Crippen LogP contribution in [0, 0.1) is 0 Å². The van der Waals surface area contributed by atoms with Gasteiger partial charge in [0.05, 0.1) is 29.0 Å². The van der Waals surface area contributed by atoms with Gasteiger partial charge in [-0.2, -0.15) is 16.4 Å². The zero-order chi connectivity index (χ0) is 23.8. The van der Waals surface area contributed by atoms with Gasteiger partial charge in [-0.05, 0) is 40.9 Å². The van der Waals surface area contributed by atoms with E-state index in [1.165, 1.54) is 0 Å². The van der Waals surface area contributed by atoms with Crippen molar-refractivity contribution in [3.8, 4) is 33.8 Å². The molecular formula is C25H20N8OS. The summed E-state index contributed by atoms with van der Waals surface area (Å²) in [5.41, 5.74) is 7.41. The number of amides is 1. The van der Waals surface area contributed by atoms with Gasteiger partial charge in [-0.3, -0.25) is 19.9 Å². The fraction of sp³-hybridized carbons (Fsp3) is 0.120. The molecule has 0 atom stereocenters. The molecule has 0 aliphatic carbocycles. The molecule has 0 aromatic carbocycles. The van der Waals surface area contributed by atoms with Crippen molar-refractivity contribution in [1.82, 2.24) is 35.1 Å². The van der Waals surface area contributed by atoms with Crippen molar-refractivity contribution in [3.63, 3.8) is 0 Å². The van der Waals surface area contributed by atoms with Crippen LogP contribution < -0.4 is 5.32 Å². The molecule has 0 saturated carbocycles. The molecule has 6 heterocycles. The van der Waals surface area contributed by atoms with Gasteiger partial charge >= 0.3 is 0 Å². The number of thiophene rings is 1. The van der Waals surface area contributed by atoms with Gasteiger partial charge in [0.15, 0.2) is 11.5 Å². The SMILES string of the molecule is CCCC(=O)Nc1cncc(-c2cnc3[nH]nc(-c4nc5c(-c6ccsc6)cncc5[nH]4)c3c2)c1. The normalized spacial score (nSPS) is 11.3. The van der Waals surface area contributed by atoms with Gasteiger partial charge in [0.25, 0.3) is 0 Å². The fourth-order valence-electron chi connectivity index (χ4n) is 4.03. The van der Waals surface area contributed by atoms with Gasteiger partial charge in [-0.15, -0.1) is 0 Å². The lowest BCUT2D eigenvalue weighted by atomic mass is 10.1. The second-order valence-electron chi connectivity index (χ2n) is 8.13. The molecule has 0 fully saturated rings. The fourth-order valence-corrected chi connectivity index (χ4v) is 4.69. The first kappa shape index (κ1) is 21.1. The van der Waals surface area contributed by atoms with E-state index in [0.717, 1.165) is 45.1 Å². The molecule has 10 heteroatoms. The number of H-pyrrole nitrogens is 2. The number of anilines is 1. The first-order valence-electron chi connectivity index (χ1n) is 11.2. The average molecular weight is 481 g/mol. The van der Waals surface area contributed by atoms with E-state index in [2.05, 4.69) is 46.9 Å². The Morgan fingerprint density at radius 2 is 1.94 bits per heavy atom. The van der Waals surface area contributed by atoms with Gasteiger partial charge in [0, 0.05) is 41.7 Å². The lowest BCUT2D eigenvalue weighted by Gasteiger charge is -2.07. The van der Waals surface area contributed by atoms with Crippen molar-refractivity contribution in [2.45, 2.75) is 19.8 Å².